The van der Waals surface area contributed by atoms with E-state index in [4.69, 9.17) is 9.15 Å². The Morgan fingerprint density at radius 2 is 2.05 bits per heavy atom. The molecule has 4 nitrogen and oxygen atoms in total. The first-order valence-corrected chi connectivity index (χ1v) is 6.28. The summed E-state index contributed by atoms with van der Waals surface area (Å²) in [6, 6.07) is 8.00. The Morgan fingerprint density at radius 3 is 2.79 bits per heavy atom. The molecule has 0 amide bonds. The number of carbonyl (C=O) groups is 1. The average Bonchev–Trinajstić information content (AvgIpc) is 2.38. The lowest BCUT2D eigenvalue weighted by molar-refractivity contribution is 0.0452. The maximum absolute atomic E-state index is 11.8. The van der Waals surface area contributed by atoms with Gasteiger partial charge in [-0.05, 0) is 24.5 Å². The summed E-state index contributed by atoms with van der Waals surface area (Å²) in [7, 11) is 0. The minimum absolute atomic E-state index is 0.0487. The summed E-state index contributed by atoms with van der Waals surface area (Å²) in [5, 5.41) is 0.459. The van der Waals surface area contributed by atoms with Gasteiger partial charge in [-0.1, -0.05) is 26.0 Å². The van der Waals surface area contributed by atoms with Crippen molar-refractivity contribution < 1.29 is 13.9 Å². The summed E-state index contributed by atoms with van der Waals surface area (Å²) >= 11 is 0. The lowest BCUT2D eigenvalue weighted by atomic mass is 10.1. The molecule has 1 aromatic heterocycles. The van der Waals surface area contributed by atoms with Gasteiger partial charge in [0, 0.05) is 6.07 Å². The van der Waals surface area contributed by atoms with Crippen LogP contribution in [0.4, 0.5) is 0 Å². The highest BCUT2D eigenvalue weighted by Gasteiger charge is 2.13. The van der Waals surface area contributed by atoms with Crippen LogP contribution in [0.25, 0.3) is 11.0 Å². The van der Waals surface area contributed by atoms with E-state index in [1.54, 1.807) is 24.3 Å². The van der Waals surface area contributed by atoms with Gasteiger partial charge in [0.15, 0.2) is 5.43 Å². The summed E-state index contributed by atoms with van der Waals surface area (Å²) in [5.74, 6) is -0.188. The second kappa shape index (κ2) is 5.69. The van der Waals surface area contributed by atoms with Gasteiger partial charge < -0.3 is 9.15 Å². The first-order chi connectivity index (χ1) is 9.08. The molecule has 0 N–H and O–H groups in total. The number of fused-ring (bicyclic) bond motifs is 1. The quantitative estimate of drug-likeness (QED) is 0.793. The van der Waals surface area contributed by atoms with E-state index in [0.29, 0.717) is 23.5 Å². The normalized spacial score (nSPS) is 10.9. The second-order valence-electron chi connectivity index (χ2n) is 4.79. The van der Waals surface area contributed by atoms with E-state index < -0.39 is 5.97 Å². The molecule has 0 saturated carbocycles. The molecule has 100 valence electrons. The van der Waals surface area contributed by atoms with Crippen molar-refractivity contribution in [3.8, 4) is 0 Å². The van der Waals surface area contributed by atoms with E-state index in [9.17, 15) is 9.59 Å². The molecule has 0 bridgehead atoms. The molecule has 0 aliphatic heterocycles. The van der Waals surface area contributed by atoms with Crippen LogP contribution in [0.2, 0.25) is 0 Å². The summed E-state index contributed by atoms with van der Waals surface area (Å²) in [6.45, 7) is 4.42. The summed E-state index contributed by atoms with van der Waals surface area (Å²) in [5.41, 5.74) is 0.156. The first-order valence-electron chi connectivity index (χ1n) is 6.28. The van der Waals surface area contributed by atoms with E-state index in [2.05, 4.69) is 0 Å². The molecule has 0 spiro atoms. The largest absolute Gasteiger partial charge is 0.460 e. The van der Waals surface area contributed by atoms with Gasteiger partial charge in [0.25, 0.3) is 0 Å². The smallest absolute Gasteiger partial charge is 0.374 e. The van der Waals surface area contributed by atoms with Crippen LogP contribution in [-0.4, -0.2) is 12.6 Å². The Morgan fingerprint density at radius 1 is 1.32 bits per heavy atom. The van der Waals surface area contributed by atoms with E-state index in [1.165, 1.54) is 6.07 Å². The zero-order valence-corrected chi connectivity index (χ0v) is 11.0. The van der Waals surface area contributed by atoms with Crippen LogP contribution < -0.4 is 5.43 Å². The number of carbonyl (C=O) groups excluding carboxylic acids is 1. The zero-order valence-electron chi connectivity index (χ0n) is 11.0. The highest BCUT2D eigenvalue weighted by atomic mass is 16.5. The summed E-state index contributed by atoms with van der Waals surface area (Å²) in [6.07, 6.45) is 0.781. The summed E-state index contributed by atoms with van der Waals surface area (Å²) < 4.78 is 10.5. The predicted octanol–water partition coefficient (Wildman–Crippen LogP) is 3.00. The van der Waals surface area contributed by atoms with Crippen molar-refractivity contribution >= 4 is 16.9 Å². The molecule has 0 fully saturated rings. The Labute approximate surface area is 111 Å². The number of ether oxygens (including phenoxy) is 1. The lowest BCUT2D eigenvalue weighted by Gasteiger charge is -2.06. The van der Waals surface area contributed by atoms with Crippen molar-refractivity contribution in [1.82, 2.24) is 0 Å². The number of rotatable bonds is 4. The van der Waals surface area contributed by atoms with E-state index in [-0.39, 0.29) is 11.2 Å². The third kappa shape index (κ3) is 3.22. The Bertz CT molecular complexity index is 640. The van der Waals surface area contributed by atoms with Gasteiger partial charge in [-0.15, -0.1) is 0 Å². The highest BCUT2D eigenvalue weighted by Crippen LogP contribution is 2.12. The van der Waals surface area contributed by atoms with Crippen LogP contribution in [0, 0.1) is 5.92 Å². The van der Waals surface area contributed by atoms with Gasteiger partial charge in [-0.3, -0.25) is 4.79 Å². The van der Waals surface area contributed by atoms with Gasteiger partial charge in [-0.2, -0.15) is 0 Å². The molecule has 2 aromatic rings. The van der Waals surface area contributed by atoms with E-state index in [1.807, 2.05) is 13.8 Å². The van der Waals surface area contributed by atoms with Crippen LogP contribution >= 0.6 is 0 Å². The molecule has 4 heteroatoms. The number of hydrogen-bond acceptors (Lipinski definition) is 4. The number of esters is 1. The number of para-hydroxylation sites is 1. The fourth-order valence-electron chi connectivity index (χ4n) is 1.66. The molecule has 0 aliphatic carbocycles. The maximum atomic E-state index is 11.8. The number of hydrogen-bond donors (Lipinski definition) is 0. The molecule has 0 saturated heterocycles. The molecular formula is C15H16O4. The molecule has 19 heavy (non-hydrogen) atoms. The van der Waals surface area contributed by atoms with Crippen molar-refractivity contribution in [2.45, 2.75) is 20.3 Å². The van der Waals surface area contributed by atoms with Crippen molar-refractivity contribution in [2.75, 3.05) is 6.61 Å². The van der Waals surface area contributed by atoms with Crippen molar-refractivity contribution in [3.05, 3.63) is 46.3 Å². The monoisotopic (exact) mass is 260 g/mol. The zero-order chi connectivity index (χ0) is 13.8. The fraction of sp³-hybridized carbons (Fsp3) is 0.333. The molecule has 1 heterocycles. The predicted molar refractivity (Wildman–Crippen MR) is 72.2 cm³/mol. The minimum Gasteiger partial charge on any atom is -0.460 e. The molecule has 0 aliphatic rings. The van der Waals surface area contributed by atoms with Crippen molar-refractivity contribution in [3.63, 3.8) is 0 Å². The SMILES string of the molecule is CC(C)CCOC(=O)c1cc(=O)c2ccccc2o1. The third-order valence-corrected chi connectivity index (χ3v) is 2.76. The van der Waals surface area contributed by atoms with Crippen LogP contribution in [0.3, 0.4) is 0 Å². The fourth-order valence-corrected chi connectivity index (χ4v) is 1.66. The average molecular weight is 260 g/mol. The standard InChI is InChI=1S/C15H16O4/c1-10(2)7-8-18-15(17)14-9-12(16)11-5-3-4-6-13(11)19-14/h3-6,9-10H,7-8H2,1-2H3. The highest BCUT2D eigenvalue weighted by molar-refractivity contribution is 5.88. The molecule has 0 atom stereocenters. The second-order valence-corrected chi connectivity index (χ2v) is 4.79. The first kappa shape index (κ1) is 13.3. The topological polar surface area (TPSA) is 56.5 Å². The van der Waals surface area contributed by atoms with Crippen LogP contribution in [-0.2, 0) is 4.74 Å². The molecular weight excluding hydrogens is 244 g/mol. The molecule has 0 unspecified atom stereocenters. The molecule has 1 aromatic carbocycles. The van der Waals surface area contributed by atoms with Gasteiger partial charge >= 0.3 is 5.97 Å². The molecule has 0 radical (unpaired) electrons. The van der Waals surface area contributed by atoms with Crippen molar-refractivity contribution in [2.24, 2.45) is 5.92 Å². The van der Waals surface area contributed by atoms with Gasteiger partial charge in [0.1, 0.15) is 5.58 Å². The number of benzene rings is 1. The van der Waals surface area contributed by atoms with E-state index >= 15 is 0 Å². The summed E-state index contributed by atoms with van der Waals surface area (Å²) in [4.78, 5) is 23.6. The van der Waals surface area contributed by atoms with Crippen LogP contribution in [0.5, 0.6) is 0 Å². The molecule has 2 rings (SSSR count). The van der Waals surface area contributed by atoms with Crippen LogP contribution in [0.1, 0.15) is 30.8 Å². The Hall–Kier alpha value is -2.10. The van der Waals surface area contributed by atoms with Gasteiger partial charge in [-0.25, -0.2) is 4.79 Å². The van der Waals surface area contributed by atoms with Gasteiger partial charge in [0.2, 0.25) is 5.76 Å². The minimum atomic E-state index is -0.594. The lowest BCUT2D eigenvalue weighted by Crippen LogP contribution is -2.11. The Balaban J connectivity index is 2.21. The Kier molecular flexibility index (Phi) is 4.00. The van der Waals surface area contributed by atoms with Crippen molar-refractivity contribution in [1.29, 1.82) is 0 Å². The van der Waals surface area contributed by atoms with Crippen LogP contribution in [0.15, 0.2) is 39.5 Å². The maximum Gasteiger partial charge on any atom is 0.374 e. The third-order valence-electron chi connectivity index (χ3n) is 2.76. The van der Waals surface area contributed by atoms with Gasteiger partial charge in [0.05, 0.1) is 12.0 Å². The van der Waals surface area contributed by atoms with E-state index in [0.717, 1.165) is 6.42 Å².